The van der Waals surface area contributed by atoms with Crippen LogP contribution in [0.15, 0.2) is 42.6 Å². The van der Waals surface area contributed by atoms with Crippen molar-refractivity contribution in [1.82, 2.24) is 14.9 Å². The van der Waals surface area contributed by atoms with E-state index in [9.17, 15) is 13.2 Å². The van der Waals surface area contributed by atoms with Gasteiger partial charge < -0.3 is 26.3 Å². The summed E-state index contributed by atoms with van der Waals surface area (Å²) in [7, 11) is 0. The van der Waals surface area contributed by atoms with Gasteiger partial charge in [0.15, 0.2) is 0 Å². The van der Waals surface area contributed by atoms with E-state index in [0.717, 1.165) is 48.4 Å². The van der Waals surface area contributed by atoms with E-state index in [1.165, 1.54) is 4.57 Å². The molecular formula is C26H31F3N6. The fourth-order valence-corrected chi connectivity index (χ4v) is 4.21. The molecule has 1 fully saturated rings. The molecule has 0 spiro atoms. The van der Waals surface area contributed by atoms with Gasteiger partial charge in [-0.15, -0.1) is 0 Å². The monoisotopic (exact) mass is 484 g/mol. The molecule has 1 aliphatic rings. The lowest BCUT2D eigenvalue weighted by Gasteiger charge is -2.25. The van der Waals surface area contributed by atoms with Crippen molar-refractivity contribution in [2.75, 3.05) is 30.3 Å². The van der Waals surface area contributed by atoms with Crippen LogP contribution in [0.5, 0.6) is 0 Å². The van der Waals surface area contributed by atoms with Gasteiger partial charge in [-0.1, -0.05) is 12.0 Å². The molecule has 0 atom stereocenters. The number of hydrogen-bond acceptors (Lipinski definition) is 5. The van der Waals surface area contributed by atoms with Gasteiger partial charge in [0.1, 0.15) is 6.54 Å². The highest BCUT2D eigenvalue weighted by molar-refractivity contribution is 5.94. The third-order valence-corrected chi connectivity index (χ3v) is 6.00. The lowest BCUT2D eigenvalue weighted by atomic mass is 10.0. The van der Waals surface area contributed by atoms with Crippen molar-refractivity contribution in [1.29, 1.82) is 0 Å². The van der Waals surface area contributed by atoms with Gasteiger partial charge in [0.25, 0.3) is 0 Å². The van der Waals surface area contributed by atoms with Crippen molar-refractivity contribution in [3.63, 3.8) is 0 Å². The SMILES string of the molecule is CC(C)(N)c1ccc(NCC#Cc2cc3c(NC4CCNCC4)cccc3n2CC(F)(F)F)cn1. The molecule has 2 aromatic heterocycles. The predicted molar refractivity (Wildman–Crippen MR) is 134 cm³/mol. The Morgan fingerprint density at radius 1 is 1.17 bits per heavy atom. The Balaban J connectivity index is 1.56. The fraction of sp³-hybridized carbons (Fsp3) is 0.423. The van der Waals surface area contributed by atoms with E-state index >= 15 is 0 Å². The molecule has 3 aromatic rings. The van der Waals surface area contributed by atoms with Crippen LogP contribution >= 0.6 is 0 Å². The van der Waals surface area contributed by atoms with Gasteiger partial charge in [0.2, 0.25) is 0 Å². The minimum Gasteiger partial charge on any atom is -0.382 e. The molecule has 0 amide bonds. The van der Waals surface area contributed by atoms with Gasteiger partial charge in [-0.25, -0.2) is 0 Å². The summed E-state index contributed by atoms with van der Waals surface area (Å²) >= 11 is 0. The van der Waals surface area contributed by atoms with Crippen LogP contribution < -0.4 is 21.7 Å². The highest BCUT2D eigenvalue weighted by Crippen LogP contribution is 2.31. The third-order valence-electron chi connectivity index (χ3n) is 6.00. The van der Waals surface area contributed by atoms with Crippen LogP contribution in [0, 0.1) is 11.8 Å². The summed E-state index contributed by atoms with van der Waals surface area (Å²) in [4.78, 5) is 4.35. The van der Waals surface area contributed by atoms with E-state index in [1.807, 2.05) is 32.0 Å². The van der Waals surface area contributed by atoms with Crippen LogP contribution in [-0.4, -0.2) is 41.4 Å². The maximum absolute atomic E-state index is 13.4. The zero-order chi connectivity index (χ0) is 25.1. The summed E-state index contributed by atoms with van der Waals surface area (Å²) in [5.74, 6) is 5.89. The molecule has 0 aliphatic carbocycles. The number of nitrogens with two attached hydrogens (primary N) is 1. The first-order valence-electron chi connectivity index (χ1n) is 11.7. The number of rotatable bonds is 6. The minimum atomic E-state index is -4.36. The second-order valence-corrected chi connectivity index (χ2v) is 9.45. The molecule has 35 heavy (non-hydrogen) atoms. The van der Waals surface area contributed by atoms with Gasteiger partial charge in [0.05, 0.1) is 40.9 Å². The molecule has 0 radical (unpaired) electrons. The summed E-state index contributed by atoms with van der Waals surface area (Å²) in [6.45, 7) is 4.78. The standard InChI is InChI=1S/C26H31F3N6/c1-25(2,30)24-9-8-19(16-33-24)32-12-4-5-20-15-21-22(34-18-10-13-31-14-11-18)6-3-7-23(21)35(20)17-26(27,28)29/h3,6-9,15-16,18,31-32,34H,10-14,17,30H2,1-2H3. The molecule has 4 rings (SSSR count). The first-order valence-corrected chi connectivity index (χ1v) is 11.7. The molecule has 0 bridgehead atoms. The fourth-order valence-electron chi connectivity index (χ4n) is 4.21. The number of pyridine rings is 1. The smallest absolute Gasteiger partial charge is 0.382 e. The lowest BCUT2D eigenvalue weighted by molar-refractivity contribution is -0.140. The zero-order valence-electron chi connectivity index (χ0n) is 20.0. The summed E-state index contributed by atoms with van der Waals surface area (Å²) < 4.78 is 41.5. The van der Waals surface area contributed by atoms with Crippen molar-refractivity contribution < 1.29 is 13.2 Å². The Kier molecular flexibility index (Phi) is 7.24. The van der Waals surface area contributed by atoms with Crippen molar-refractivity contribution >= 4 is 22.3 Å². The number of piperidine rings is 1. The molecule has 0 unspecified atom stereocenters. The number of anilines is 2. The predicted octanol–water partition coefficient (Wildman–Crippen LogP) is 4.42. The highest BCUT2D eigenvalue weighted by Gasteiger charge is 2.30. The summed E-state index contributed by atoms with van der Waals surface area (Å²) in [6, 6.07) is 11.2. The van der Waals surface area contributed by atoms with E-state index in [1.54, 1.807) is 24.4 Å². The van der Waals surface area contributed by atoms with Gasteiger partial charge in [-0.3, -0.25) is 4.98 Å². The average molecular weight is 485 g/mol. The molecular weight excluding hydrogens is 453 g/mol. The number of hydrogen-bond donors (Lipinski definition) is 4. The Morgan fingerprint density at radius 3 is 2.60 bits per heavy atom. The molecule has 3 heterocycles. The summed E-state index contributed by atoms with van der Waals surface area (Å²) in [6.07, 6.45) is -0.749. The molecule has 186 valence electrons. The van der Waals surface area contributed by atoms with Crippen LogP contribution in [0.3, 0.4) is 0 Å². The molecule has 1 saturated heterocycles. The number of halogens is 3. The first-order chi connectivity index (χ1) is 16.6. The number of benzene rings is 1. The molecule has 5 N–H and O–H groups in total. The second kappa shape index (κ2) is 10.2. The topological polar surface area (TPSA) is 79.9 Å². The maximum Gasteiger partial charge on any atom is 0.406 e. The molecule has 9 heteroatoms. The second-order valence-electron chi connectivity index (χ2n) is 9.45. The Morgan fingerprint density at radius 2 is 1.94 bits per heavy atom. The molecule has 6 nitrogen and oxygen atoms in total. The van der Waals surface area contributed by atoms with Crippen LogP contribution in [0.4, 0.5) is 24.5 Å². The normalized spacial score (nSPS) is 15.0. The van der Waals surface area contributed by atoms with Crippen LogP contribution in [0.2, 0.25) is 0 Å². The Labute approximate surface area is 203 Å². The van der Waals surface area contributed by atoms with Crippen LogP contribution in [-0.2, 0) is 12.1 Å². The van der Waals surface area contributed by atoms with Gasteiger partial charge in [-0.2, -0.15) is 13.2 Å². The largest absolute Gasteiger partial charge is 0.406 e. The number of nitrogens with one attached hydrogen (secondary N) is 3. The van der Waals surface area contributed by atoms with Crippen molar-refractivity contribution in [2.45, 2.75) is 51.0 Å². The molecule has 1 aromatic carbocycles. The quantitative estimate of drug-likeness (QED) is 0.390. The van der Waals surface area contributed by atoms with E-state index in [-0.39, 0.29) is 12.6 Å². The zero-order valence-corrected chi connectivity index (χ0v) is 20.0. The van der Waals surface area contributed by atoms with Gasteiger partial charge in [0, 0.05) is 17.1 Å². The number of fused-ring (bicyclic) bond motifs is 1. The van der Waals surface area contributed by atoms with Crippen molar-refractivity contribution in [3.8, 4) is 11.8 Å². The molecule has 1 aliphatic heterocycles. The van der Waals surface area contributed by atoms with E-state index in [0.29, 0.717) is 11.2 Å². The molecule has 0 saturated carbocycles. The Hall–Kier alpha value is -3.22. The van der Waals surface area contributed by atoms with Crippen LogP contribution in [0.25, 0.3) is 10.9 Å². The number of alkyl halides is 3. The van der Waals surface area contributed by atoms with Crippen molar-refractivity contribution in [2.24, 2.45) is 5.73 Å². The third kappa shape index (κ3) is 6.47. The van der Waals surface area contributed by atoms with Gasteiger partial charge in [-0.05, 0) is 76.0 Å². The lowest BCUT2D eigenvalue weighted by Crippen LogP contribution is -2.35. The van der Waals surface area contributed by atoms with E-state index in [2.05, 4.69) is 32.8 Å². The maximum atomic E-state index is 13.4. The average Bonchev–Trinajstić information content (AvgIpc) is 3.14. The minimum absolute atomic E-state index is 0.265. The van der Waals surface area contributed by atoms with E-state index < -0.39 is 18.3 Å². The van der Waals surface area contributed by atoms with Crippen LogP contribution in [0.1, 0.15) is 38.1 Å². The highest BCUT2D eigenvalue weighted by atomic mass is 19.4. The number of nitrogens with zero attached hydrogens (tertiary/aromatic N) is 2. The first kappa shape index (κ1) is 24.9. The van der Waals surface area contributed by atoms with Crippen molar-refractivity contribution in [3.05, 3.63) is 54.0 Å². The summed E-state index contributed by atoms with van der Waals surface area (Å²) in [5.41, 5.74) is 8.72. The summed E-state index contributed by atoms with van der Waals surface area (Å²) in [5, 5.41) is 10.7. The number of aromatic nitrogens is 2. The van der Waals surface area contributed by atoms with E-state index in [4.69, 9.17) is 5.73 Å². The van der Waals surface area contributed by atoms with Gasteiger partial charge >= 0.3 is 6.18 Å². The Bertz CT molecular complexity index is 1210.